The van der Waals surface area contributed by atoms with Crippen LogP contribution in [0.1, 0.15) is 20.3 Å². The fourth-order valence-corrected chi connectivity index (χ4v) is 1.75. The van der Waals surface area contributed by atoms with Gasteiger partial charge < -0.3 is 4.74 Å². The first-order chi connectivity index (χ1) is 5.72. The zero-order valence-electron chi connectivity index (χ0n) is 7.92. The summed E-state index contributed by atoms with van der Waals surface area (Å²) >= 11 is 0. The van der Waals surface area contributed by atoms with E-state index in [0.29, 0.717) is 18.6 Å². The number of halogens is 1. The highest BCUT2D eigenvalue weighted by atomic mass is 19.1. The van der Waals surface area contributed by atoms with Crippen LogP contribution in [-0.2, 0) is 4.74 Å². The smallest absolute Gasteiger partial charge is 0.0906 e. The summed E-state index contributed by atoms with van der Waals surface area (Å²) in [6.45, 7) is 6.69. The van der Waals surface area contributed by atoms with Gasteiger partial charge in [0, 0.05) is 19.6 Å². The van der Waals surface area contributed by atoms with E-state index in [2.05, 4.69) is 18.7 Å². The minimum absolute atomic E-state index is 0.208. The summed E-state index contributed by atoms with van der Waals surface area (Å²) in [7, 11) is 0. The molecule has 0 aromatic rings. The zero-order chi connectivity index (χ0) is 8.97. The van der Waals surface area contributed by atoms with Crippen LogP contribution in [0.3, 0.4) is 0 Å². The Hall–Kier alpha value is -0.150. The second-order valence-corrected chi connectivity index (χ2v) is 3.56. The van der Waals surface area contributed by atoms with Gasteiger partial charge in [-0.15, -0.1) is 0 Å². The van der Waals surface area contributed by atoms with Crippen molar-refractivity contribution >= 4 is 0 Å². The van der Waals surface area contributed by atoms with Crippen molar-refractivity contribution in [1.29, 1.82) is 0 Å². The molecule has 1 rings (SSSR count). The van der Waals surface area contributed by atoms with Crippen molar-refractivity contribution in [3.63, 3.8) is 0 Å². The van der Waals surface area contributed by atoms with Crippen LogP contribution >= 0.6 is 0 Å². The van der Waals surface area contributed by atoms with Crippen LogP contribution in [0, 0.1) is 0 Å². The first-order valence-electron chi connectivity index (χ1n) is 4.66. The molecular weight excluding hydrogens is 157 g/mol. The van der Waals surface area contributed by atoms with Gasteiger partial charge in [0.2, 0.25) is 0 Å². The minimum atomic E-state index is -0.208. The predicted molar refractivity (Wildman–Crippen MR) is 47.0 cm³/mol. The van der Waals surface area contributed by atoms with Crippen LogP contribution in [0.2, 0.25) is 0 Å². The standard InChI is InChI=1S/C9H18FNO/c1-8-6-11(5-3-4-10)7-9(2)12-8/h8-9H,3-7H2,1-2H3/t8-,9+. The molecule has 72 valence electrons. The normalized spacial score (nSPS) is 32.2. The summed E-state index contributed by atoms with van der Waals surface area (Å²) < 4.78 is 17.4. The first kappa shape index (κ1) is 9.93. The number of nitrogens with zero attached hydrogens (tertiary/aromatic N) is 1. The fraction of sp³-hybridized carbons (Fsp3) is 1.00. The van der Waals surface area contributed by atoms with Crippen LogP contribution in [0.25, 0.3) is 0 Å². The molecular formula is C9H18FNO. The number of hydrogen-bond acceptors (Lipinski definition) is 2. The van der Waals surface area contributed by atoms with E-state index in [4.69, 9.17) is 4.74 Å². The van der Waals surface area contributed by atoms with Crippen LogP contribution in [-0.4, -0.2) is 43.4 Å². The molecule has 1 heterocycles. The number of hydrogen-bond donors (Lipinski definition) is 0. The van der Waals surface area contributed by atoms with Gasteiger partial charge in [-0.3, -0.25) is 9.29 Å². The molecule has 2 atom stereocenters. The highest BCUT2D eigenvalue weighted by Crippen LogP contribution is 2.10. The number of ether oxygens (including phenoxy) is 1. The van der Waals surface area contributed by atoms with Gasteiger partial charge in [0.15, 0.2) is 0 Å². The monoisotopic (exact) mass is 175 g/mol. The number of alkyl halides is 1. The molecule has 0 amide bonds. The molecule has 1 saturated heterocycles. The van der Waals surface area contributed by atoms with E-state index < -0.39 is 0 Å². The largest absolute Gasteiger partial charge is 0.373 e. The lowest BCUT2D eigenvalue weighted by Gasteiger charge is -2.35. The molecule has 12 heavy (non-hydrogen) atoms. The Morgan fingerprint density at radius 3 is 2.42 bits per heavy atom. The number of morpholine rings is 1. The van der Waals surface area contributed by atoms with E-state index in [-0.39, 0.29) is 6.67 Å². The Bertz CT molecular complexity index is 122. The van der Waals surface area contributed by atoms with E-state index in [1.165, 1.54) is 0 Å². The predicted octanol–water partition coefficient (Wildman–Crippen LogP) is 1.46. The molecule has 0 spiro atoms. The Kier molecular flexibility index (Phi) is 3.95. The highest BCUT2D eigenvalue weighted by molar-refractivity contribution is 4.72. The highest BCUT2D eigenvalue weighted by Gasteiger charge is 2.21. The van der Waals surface area contributed by atoms with Crippen molar-refractivity contribution in [3.8, 4) is 0 Å². The third kappa shape index (κ3) is 3.07. The van der Waals surface area contributed by atoms with Crippen molar-refractivity contribution < 1.29 is 9.13 Å². The van der Waals surface area contributed by atoms with E-state index in [1.54, 1.807) is 0 Å². The maximum atomic E-state index is 11.9. The lowest BCUT2D eigenvalue weighted by Crippen LogP contribution is -2.45. The van der Waals surface area contributed by atoms with E-state index in [0.717, 1.165) is 19.6 Å². The molecule has 0 aliphatic carbocycles. The third-order valence-electron chi connectivity index (χ3n) is 2.10. The summed E-state index contributed by atoms with van der Waals surface area (Å²) in [6.07, 6.45) is 1.25. The Morgan fingerprint density at radius 1 is 1.33 bits per heavy atom. The molecule has 1 aliphatic rings. The second-order valence-electron chi connectivity index (χ2n) is 3.56. The first-order valence-corrected chi connectivity index (χ1v) is 4.66. The van der Waals surface area contributed by atoms with E-state index in [1.807, 2.05) is 0 Å². The fourth-order valence-electron chi connectivity index (χ4n) is 1.75. The average molecular weight is 175 g/mol. The molecule has 0 N–H and O–H groups in total. The summed E-state index contributed by atoms with van der Waals surface area (Å²) in [5.41, 5.74) is 0. The maximum absolute atomic E-state index is 11.9. The zero-order valence-corrected chi connectivity index (χ0v) is 7.92. The quantitative estimate of drug-likeness (QED) is 0.644. The third-order valence-corrected chi connectivity index (χ3v) is 2.10. The Morgan fingerprint density at radius 2 is 1.92 bits per heavy atom. The molecule has 0 bridgehead atoms. The van der Waals surface area contributed by atoms with Crippen LogP contribution < -0.4 is 0 Å². The van der Waals surface area contributed by atoms with Crippen molar-refractivity contribution in [3.05, 3.63) is 0 Å². The van der Waals surface area contributed by atoms with Gasteiger partial charge in [-0.1, -0.05) is 0 Å². The van der Waals surface area contributed by atoms with Gasteiger partial charge in [0.1, 0.15) is 0 Å². The van der Waals surface area contributed by atoms with Gasteiger partial charge in [-0.25, -0.2) is 0 Å². The average Bonchev–Trinajstić information content (AvgIpc) is 1.99. The van der Waals surface area contributed by atoms with Gasteiger partial charge >= 0.3 is 0 Å². The van der Waals surface area contributed by atoms with E-state index >= 15 is 0 Å². The van der Waals surface area contributed by atoms with Gasteiger partial charge in [-0.05, 0) is 20.3 Å². The number of rotatable bonds is 3. The lowest BCUT2D eigenvalue weighted by atomic mass is 10.2. The molecule has 0 aromatic carbocycles. The summed E-state index contributed by atoms with van der Waals surface area (Å²) in [5, 5.41) is 0. The summed E-state index contributed by atoms with van der Waals surface area (Å²) in [5.74, 6) is 0. The minimum Gasteiger partial charge on any atom is -0.373 e. The molecule has 2 nitrogen and oxygen atoms in total. The second kappa shape index (κ2) is 4.77. The molecule has 1 aliphatic heterocycles. The van der Waals surface area contributed by atoms with Gasteiger partial charge in [0.05, 0.1) is 18.9 Å². The topological polar surface area (TPSA) is 12.5 Å². The molecule has 1 fully saturated rings. The van der Waals surface area contributed by atoms with Crippen molar-refractivity contribution in [2.45, 2.75) is 32.5 Å². The van der Waals surface area contributed by atoms with E-state index in [9.17, 15) is 4.39 Å². The molecule has 0 saturated carbocycles. The van der Waals surface area contributed by atoms with Gasteiger partial charge in [-0.2, -0.15) is 0 Å². The van der Waals surface area contributed by atoms with Crippen LogP contribution in [0.15, 0.2) is 0 Å². The van der Waals surface area contributed by atoms with Crippen molar-refractivity contribution in [2.75, 3.05) is 26.3 Å². The van der Waals surface area contributed by atoms with Gasteiger partial charge in [0.25, 0.3) is 0 Å². The SMILES string of the molecule is C[C@@H]1CN(CCCF)C[C@H](C)O1. The van der Waals surface area contributed by atoms with Crippen molar-refractivity contribution in [1.82, 2.24) is 4.90 Å². The lowest BCUT2D eigenvalue weighted by molar-refractivity contribution is -0.0683. The summed E-state index contributed by atoms with van der Waals surface area (Å²) in [4.78, 5) is 2.28. The molecule has 0 aromatic heterocycles. The Balaban J connectivity index is 2.24. The Labute approximate surface area is 73.7 Å². The molecule has 0 radical (unpaired) electrons. The summed E-state index contributed by atoms with van der Waals surface area (Å²) in [6, 6.07) is 0. The van der Waals surface area contributed by atoms with Crippen LogP contribution in [0.5, 0.6) is 0 Å². The van der Waals surface area contributed by atoms with Crippen molar-refractivity contribution in [2.24, 2.45) is 0 Å². The molecule has 0 unspecified atom stereocenters. The maximum Gasteiger partial charge on any atom is 0.0906 e. The van der Waals surface area contributed by atoms with Crippen LogP contribution in [0.4, 0.5) is 4.39 Å². The molecule has 3 heteroatoms.